The Labute approximate surface area is 94.2 Å². The Morgan fingerprint density at radius 1 is 1.44 bits per heavy atom. The third-order valence-electron chi connectivity index (χ3n) is 2.29. The van der Waals surface area contributed by atoms with E-state index in [-0.39, 0.29) is 12.0 Å². The van der Waals surface area contributed by atoms with E-state index >= 15 is 0 Å². The molecule has 3 nitrogen and oxygen atoms in total. The fourth-order valence-electron chi connectivity index (χ4n) is 1.51. The van der Waals surface area contributed by atoms with Crippen LogP contribution in [0.5, 0.6) is 0 Å². The summed E-state index contributed by atoms with van der Waals surface area (Å²) in [5.74, 6) is -1.10. The summed E-state index contributed by atoms with van der Waals surface area (Å²) in [7, 11) is -3.45. The monoisotopic (exact) mass is 244 g/mol. The van der Waals surface area contributed by atoms with E-state index in [9.17, 15) is 17.6 Å². The third-order valence-corrected chi connectivity index (χ3v) is 3.87. The van der Waals surface area contributed by atoms with Crippen LogP contribution in [0.4, 0.5) is 4.39 Å². The molecule has 0 amide bonds. The number of sulfone groups is 1. The minimum atomic E-state index is -3.45. The van der Waals surface area contributed by atoms with Crippen molar-refractivity contribution in [3.05, 3.63) is 35.6 Å². The van der Waals surface area contributed by atoms with Gasteiger partial charge in [-0.25, -0.2) is 12.8 Å². The number of carbonyl (C=O) groups is 1. The van der Waals surface area contributed by atoms with Gasteiger partial charge in [0.25, 0.3) is 0 Å². The maximum atomic E-state index is 12.9. The first-order valence-electron chi connectivity index (χ1n) is 4.85. The summed E-state index contributed by atoms with van der Waals surface area (Å²) in [6.07, 6.45) is 1.20. The summed E-state index contributed by atoms with van der Waals surface area (Å²) in [6, 6.07) is 5.06. The lowest BCUT2D eigenvalue weighted by atomic mass is 10.1. The Kier molecular flexibility index (Phi) is 3.80. The quantitative estimate of drug-likeness (QED) is 0.759. The predicted molar refractivity (Wildman–Crippen MR) is 59.7 cm³/mol. The second-order valence-electron chi connectivity index (χ2n) is 3.60. The highest BCUT2D eigenvalue weighted by Crippen LogP contribution is 2.13. The average Bonchev–Trinajstić information content (AvgIpc) is 2.16. The maximum absolute atomic E-state index is 12.9. The molecule has 0 aliphatic heterocycles. The number of Topliss-reactive ketones (excluding diaryl/α,β-unsaturated/α-hetero) is 1. The van der Waals surface area contributed by atoms with Gasteiger partial charge in [-0.15, -0.1) is 0 Å². The van der Waals surface area contributed by atoms with Crippen molar-refractivity contribution in [2.24, 2.45) is 0 Å². The van der Waals surface area contributed by atoms with Gasteiger partial charge in [0.2, 0.25) is 0 Å². The molecule has 0 heterocycles. The molecule has 0 N–H and O–H groups in total. The van der Waals surface area contributed by atoms with Gasteiger partial charge in [-0.05, 0) is 18.6 Å². The van der Waals surface area contributed by atoms with E-state index in [1.54, 1.807) is 6.92 Å². The van der Waals surface area contributed by atoms with Crippen LogP contribution in [-0.4, -0.2) is 25.7 Å². The van der Waals surface area contributed by atoms with Gasteiger partial charge in [0, 0.05) is 11.8 Å². The molecule has 0 fully saturated rings. The number of hydrogen-bond acceptors (Lipinski definition) is 3. The number of ketones is 1. The smallest absolute Gasteiger partial charge is 0.181 e. The van der Waals surface area contributed by atoms with Crippen molar-refractivity contribution in [3.63, 3.8) is 0 Å². The normalized spacial score (nSPS) is 13.4. The molecule has 0 saturated heterocycles. The van der Waals surface area contributed by atoms with E-state index in [4.69, 9.17) is 0 Å². The molecule has 1 aromatic rings. The van der Waals surface area contributed by atoms with Crippen LogP contribution in [0.25, 0.3) is 0 Å². The molecule has 0 spiro atoms. The van der Waals surface area contributed by atoms with Gasteiger partial charge in [-0.1, -0.05) is 19.1 Å². The zero-order valence-electron chi connectivity index (χ0n) is 9.10. The lowest BCUT2D eigenvalue weighted by Crippen LogP contribution is -2.28. The molecule has 1 atom stereocenters. The maximum Gasteiger partial charge on any atom is 0.181 e. The van der Waals surface area contributed by atoms with E-state index < -0.39 is 26.7 Å². The van der Waals surface area contributed by atoms with E-state index in [1.165, 1.54) is 18.2 Å². The molecule has 16 heavy (non-hydrogen) atoms. The zero-order chi connectivity index (χ0) is 12.3. The lowest BCUT2D eigenvalue weighted by Gasteiger charge is -2.11. The van der Waals surface area contributed by atoms with Gasteiger partial charge in [0.15, 0.2) is 15.6 Å². The van der Waals surface area contributed by atoms with Gasteiger partial charge >= 0.3 is 0 Å². The molecule has 0 bridgehead atoms. The van der Waals surface area contributed by atoms with Crippen molar-refractivity contribution in [2.75, 3.05) is 6.26 Å². The van der Waals surface area contributed by atoms with Gasteiger partial charge in [-0.2, -0.15) is 0 Å². The van der Waals surface area contributed by atoms with E-state index in [0.29, 0.717) is 0 Å². The van der Waals surface area contributed by atoms with Crippen LogP contribution in [0, 0.1) is 5.82 Å². The minimum absolute atomic E-state index is 0.0947. The molecule has 0 saturated carbocycles. The summed E-state index contributed by atoms with van der Waals surface area (Å²) >= 11 is 0. The molecule has 0 aliphatic rings. The van der Waals surface area contributed by atoms with Crippen LogP contribution < -0.4 is 0 Å². The van der Waals surface area contributed by atoms with Crippen LogP contribution >= 0.6 is 0 Å². The van der Waals surface area contributed by atoms with Gasteiger partial charge in [-0.3, -0.25) is 4.79 Å². The molecule has 0 radical (unpaired) electrons. The summed E-state index contributed by atoms with van der Waals surface area (Å²) in [4.78, 5) is 11.8. The van der Waals surface area contributed by atoms with Crippen LogP contribution in [0.2, 0.25) is 0 Å². The molecule has 0 unspecified atom stereocenters. The SMILES string of the molecule is CC[C@@H](C(=O)c1cccc(F)c1)S(C)(=O)=O. The third kappa shape index (κ3) is 2.88. The Morgan fingerprint density at radius 2 is 2.06 bits per heavy atom. The Morgan fingerprint density at radius 3 is 2.50 bits per heavy atom. The predicted octanol–water partition coefficient (Wildman–Crippen LogP) is 1.83. The number of hydrogen-bond donors (Lipinski definition) is 0. The summed E-state index contributed by atoms with van der Waals surface area (Å²) in [5, 5.41) is -1.09. The van der Waals surface area contributed by atoms with Crippen LogP contribution in [-0.2, 0) is 9.84 Å². The van der Waals surface area contributed by atoms with E-state index in [0.717, 1.165) is 12.3 Å². The Bertz CT molecular complexity index is 494. The molecule has 5 heteroatoms. The highest BCUT2D eigenvalue weighted by molar-refractivity contribution is 7.92. The van der Waals surface area contributed by atoms with Crippen molar-refractivity contribution in [2.45, 2.75) is 18.6 Å². The lowest BCUT2D eigenvalue weighted by molar-refractivity contribution is 0.0985. The van der Waals surface area contributed by atoms with Crippen molar-refractivity contribution >= 4 is 15.6 Å². The number of halogens is 1. The highest BCUT2D eigenvalue weighted by atomic mass is 32.2. The van der Waals surface area contributed by atoms with Gasteiger partial charge in [0.1, 0.15) is 11.1 Å². The van der Waals surface area contributed by atoms with E-state index in [1.807, 2.05) is 0 Å². The summed E-state index contributed by atoms with van der Waals surface area (Å²) in [5.41, 5.74) is 0.0947. The topological polar surface area (TPSA) is 51.2 Å². The van der Waals surface area contributed by atoms with Gasteiger partial charge < -0.3 is 0 Å². The number of rotatable bonds is 4. The molecular formula is C11H13FO3S. The van der Waals surface area contributed by atoms with Crippen molar-refractivity contribution < 1.29 is 17.6 Å². The zero-order valence-corrected chi connectivity index (χ0v) is 9.92. The molecule has 1 rings (SSSR count). The summed E-state index contributed by atoms with van der Waals surface area (Å²) in [6.45, 7) is 1.61. The average molecular weight is 244 g/mol. The second-order valence-corrected chi connectivity index (χ2v) is 5.83. The van der Waals surface area contributed by atoms with Crippen molar-refractivity contribution in [1.82, 2.24) is 0 Å². The molecule has 0 aliphatic carbocycles. The standard InChI is InChI=1S/C11H13FO3S/c1-3-10(16(2,14)15)11(13)8-5-4-6-9(12)7-8/h4-7,10H,3H2,1-2H3/t10-/m0/s1. The van der Waals surface area contributed by atoms with Crippen LogP contribution in [0.15, 0.2) is 24.3 Å². The summed E-state index contributed by atoms with van der Waals surface area (Å²) < 4.78 is 35.6. The first-order chi connectivity index (χ1) is 7.36. The fraction of sp³-hybridized carbons (Fsp3) is 0.364. The van der Waals surface area contributed by atoms with E-state index in [2.05, 4.69) is 0 Å². The van der Waals surface area contributed by atoms with Crippen molar-refractivity contribution in [1.29, 1.82) is 0 Å². The number of carbonyl (C=O) groups excluding carboxylic acids is 1. The Hall–Kier alpha value is -1.23. The second kappa shape index (κ2) is 4.74. The molecule has 0 aromatic heterocycles. The first-order valence-corrected chi connectivity index (χ1v) is 6.80. The fourth-order valence-corrected chi connectivity index (χ4v) is 2.64. The highest BCUT2D eigenvalue weighted by Gasteiger charge is 2.27. The molecule has 88 valence electrons. The molecule has 1 aromatic carbocycles. The first kappa shape index (κ1) is 12.8. The minimum Gasteiger partial charge on any atom is -0.293 e. The number of benzene rings is 1. The Balaban J connectivity index is 3.11. The molecular weight excluding hydrogens is 231 g/mol. The largest absolute Gasteiger partial charge is 0.293 e. The van der Waals surface area contributed by atoms with Crippen molar-refractivity contribution in [3.8, 4) is 0 Å². The van der Waals surface area contributed by atoms with Crippen LogP contribution in [0.1, 0.15) is 23.7 Å². The van der Waals surface area contributed by atoms with Crippen LogP contribution in [0.3, 0.4) is 0 Å². The van der Waals surface area contributed by atoms with Gasteiger partial charge in [0.05, 0.1) is 0 Å².